The highest BCUT2D eigenvalue weighted by Crippen LogP contribution is 2.62. The molecule has 0 unspecified atom stereocenters. The molecule has 2 aliphatic rings. The number of nitrogens with zero attached hydrogens (tertiary/aromatic N) is 1. The summed E-state index contributed by atoms with van der Waals surface area (Å²) in [6, 6.07) is 43.8. The Bertz CT molecular complexity index is 2030. The van der Waals surface area contributed by atoms with Crippen molar-refractivity contribution in [3.63, 3.8) is 0 Å². The molecule has 2 aliphatic carbocycles. The van der Waals surface area contributed by atoms with Gasteiger partial charge in [0.25, 0.3) is 0 Å². The van der Waals surface area contributed by atoms with Gasteiger partial charge in [-0.15, -0.1) is 0 Å². The van der Waals surface area contributed by atoms with E-state index >= 15 is 0 Å². The molecule has 0 heterocycles. The Labute approximate surface area is 282 Å². The molecule has 0 fully saturated rings. The third kappa shape index (κ3) is 5.17. The highest BCUT2D eigenvalue weighted by atomic mass is 14.7. The van der Waals surface area contributed by atoms with Gasteiger partial charge in [-0.25, -0.2) is 0 Å². The minimum atomic E-state index is -0.279. The molecule has 0 N–H and O–H groups in total. The molecule has 0 saturated heterocycles. The summed E-state index contributed by atoms with van der Waals surface area (Å²) < 4.78 is 0. The van der Waals surface area contributed by atoms with Crippen LogP contribution in [0, 0.1) is 27.7 Å². The van der Waals surface area contributed by atoms with Gasteiger partial charge < -0.3 is 0 Å². The molecule has 2 radical (unpaired) electrons. The molecule has 0 aliphatic heterocycles. The molecule has 47 heavy (non-hydrogen) atoms. The van der Waals surface area contributed by atoms with E-state index in [0.717, 1.165) is 11.2 Å². The summed E-state index contributed by atoms with van der Waals surface area (Å²) in [5.74, 6) is 0. The van der Waals surface area contributed by atoms with Crippen LogP contribution >= 0.6 is 0 Å². The van der Waals surface area contributed by atoms with Crippen LogP contribution in [0.3, 0.4) is 0 Å². The Morgan fingerprint density at radius 1 is 0.511 bits per heavy atom. The van der Waals surface area contributed by atoms with Crippen LogP contribution in [0.4, 0.5) is 5.69 Å². The standard InChI is InChI=1S/C26H17B.C17H19N.C2H6/c1-16-10-12-20-21-13-11-17(27)15-25(21)26(24(20)14-16)22-8-4-2-6-18(22)19-7-3-5-9-23(19)26;1-5-18-17-13(3)10-11-16(14(17)4)15-9-7-6-8-12(15)2;1-2/h2-15H,1H3;5-11H,1-4H3;1-2H3. The van der Waals surface area contributed by atoms with Crippen LogP contribution in [-0.2, 0) is 5.41 Å². The van der Waals surface area contributed by atoms with E-state index in [9.17, 15) is 0 Å². The van der Waals surface area contributed by atoms with Crippen LogP contribution in [0.25, 0.3) is 33.4 Å². The van der Waals surface area contributed by atoms with Crippen LogP contribution < -0.4 is 5.46 Å². The summed E-state index contributed by atoms with van der Waals surface area (Å²) in [5.41, 5.74) is 20.0. The van der Waals surface area contributed by atoms with E-state index in [4.69, 9.17) is 7.85 Å². The van der Waals surface area contributed by atoms with Gasteiger partial charge in [0.15, 0.2) is 0 Å². The van der Waals surface area contributed by atoms with Gasteiger partial charge in [-0.05, 0) is 107 Å². The number of benzene rings is 6. The number of aliphatic imine (C=N–C) groups is 1. The van der Waals surface area contributed by atoms with Gasteiger partial charge in [0.1, 0.15) is 7.85 Å². The van der Waals surface area contributed by atoms with Crippen LogP contribution in [0.1, 0.15) is 65.3 Å². The van der Waals surface area contributed by atoms with Crippen molar-refractivity contribution in [2.24, 2.45) is 4.99 Å². The molecule has 0 aromatic heterocycles. The molecule has 0 atom stereocenters. The zero-order valence-electron chi connectivity index (χ0n) is 28.6. The fourth-order valence-corrected chi connectivity index (χ4v) is 7.60. The molecule has 0 saturated carbocycles. The number of aryl methyl sites for hydroxylation is 3. The normalized spacial score (nSPS) is 12.7. The van der Waals surface area contributed by atoms with E-state index in [0.29, 0.717) is 0 Å². The maximum absolute atomic E-state index is 6.29. The predicted octanol–water partition coefficient (Wildman–Crippen LogP) is 11.2. The van der Waals surface area contributed by atoms with Crippen molar-refractivity contribution in [2.75, 3.05) is 0 Å². The second kappa shape index (κ2) is 13.0. The fourth-order valence-electron chi connectivity index (χ4n) is 7.60. The van der Waals surface area contributed by atoms with Gasteiger partial charge in [0.2, 0.25) is 0 Å². The van der Waals surface area contributed by atoms with Gasteiger partial charge in [-0.3, -0.25) is 4.99 Å². The first-order valence-corrected chi connectivity index (χ1v) is 16.7. The van der Waals surface area contributed by atoms with Gasteiger partial charge in [-0.1, -0.05) is 146 Å². The summed E-state index contributed by atoms with van der Waals surface area (Å²) in [6.45, 7) is 14.5. The van der Waals surface area contributed by atoms with Crippen molar-refractivity contribution in [3.8, 4) is 33.4 Å². The first-order valence-electron chi connectivity index (χ1n) is 16.7. The molecule has 2 heteroatoms. The van der Waals surface area contributed by atoms with Crippen molar-refractivity contribution >= 4 is 25.2 Å². The fraction of sp³-hybridized carbons (Fsp3) is 0.178. The minimum absolute atomic E-state index is 0.279. The summed E-state index contributed by atoms with van der Waals surface area (Å²) in [4.78, 5) is 4.50. The molecule has 6 aromatic carbocycles. The van der Waals surface area contributed by atoms with Gasteiger partial charge in [-0.2, -0.15) is 0 Å². The second-order valence-corrected chi connectivity index (χ2v) is 12.3. The first-order chi connectivity index (χ1) is 22.9. The molecule has 6 aromatic rings. The number of hydrogen-bond donors (Lipinski definition) is 0. The summed E-state index contributed by atoms with van der Waals surface area (Å²) in [6.07, 6.45) is 1.86. The Kier molecular flexibility index (Phi) is 8.89. The smallest absolute Gasteiger partial charge is 0.113 e. The largest absolute Gasteiger partial charge is 0.261 e. The Morgan fingerprint density at radius 3 is 1.64 bits per heavy atom. The Morgan fingerprint density at radius 2 is 1.02 bits per heavy atom. The van der Waals surface area contributed by atoms with Crippen molar-refractivity contribution in [1.82, 2.24) is 0 Å². The molecule has 1 spiro atoms. The van der Waals surface area contributed by atoms with Crippen molar-refractivity contribution in [2.45, 2.75) is 53.9 Å². The summed E-state index contributed by atoms with van der Waals surface area (Å²) in [7, 11) is 6.29. The molecular weight excluding hydrogens is 565 g/mol. The molecule has 0 amide bonds. The van der Waals surface area contributed by atoms with E-state index < -0.39 is 0 Å². The van der Waals surface area contributed by atoms with E-state index in [-0.39, 0.29) is 5.41 Å². The van der Waals surface area contributed by atoms with E-state index in [2.05, 4.69) is 148 Å². The highest BCUT2D eigenvalue weighted by Gasteiger charge is 2.51. The van der Waals surface area contributed by atoms with Crippen molar-refractivity contribution in [1.29, 1.82) is 0 Å². The maximum Gasteiger partial charge on any atom is 0.113 e. The lowest BCUT2D eigenvalue weighted by Crippen LogP contribution is -2.27. The molecule has 0 bridgehead atoms. The summed E-state index contributed by atoms with van der Waals surface area (Å²) in [5, 5.41) is 0. The summed E-state index contributed by atoms with van der Waals surface area (Å²) >= 11 is 0. The van der Waals surface area contributed by atoms with Crippen molar-refractivity contribution < 1.29 is 0 Å². The Hall–Kier alpha value is -4.95. The SMILES string of the molecule is CC.CC=Nc1c(C)ccc(-c2ccccc2C)c1C.[B]c1ccc2c(c1)C1(c3ccccc3-c3ccccc31)c1cc(C)ccc1-2. The lowest BCUT2D eigenvalue weighted by Gasteiger charge is -2.30. The van der Waals surface area contributed by atoms with E-state index in [1.54, 1.807) is 0 Å². The van der Waals surface area contributed by atoms with Crippen LogP contribution in [0.15, 0.2) is 126 Å². The van der Waals surface area contributed by atoms with E-state index in [1.165, 1.54) is 77.9 Å². The third-order valence-corrected chi connectivity index (χ3v) is 9.60. The van der Waals surface area contributed by atoms with E-state index in [1.807, 2.05) is 33.1 Å². The Balaban J connectivity index is 0.000000169. The zero-order chi connectivity index (χ0) is 33.3. The van der Waals surface area contributed by atoms with Crippen molar-refractivity contribution in [3.05, 3.63) is 166 Å². The number of rotatable bonds is 2. The monoisotopic (exact) mass is 607 g/mol. The van der Waals surface area contributed by atoms with Crippen LogP contribution in [-0.4, -0.2) is 14.1 Å². The average molecular weight is 608 g/mol. The minimum Gasteiger partial charge on any atom is -0.261 e. The maximum atomic E-state index is 6.29. The topological polar surface area (TPSA) is 12.4 Å². The highest BCUT2D eigenvalue weighted by molar-refractivity contribution is 6.32. The molecule has 1 nitrogen and oxygen atoms in total. The third-order valence-electron chi connectivity index (χ3n) is 9.60. The predicted molar refractivity (Wildman–Crippen MR) is 204 cm³/mol. The van der Waals surface area contributed by atoms with Crippen LogP contribution in [0.2, 0.25) is 0 Å². The molecule has 230 valence electrons. The zero-order valence-corrected chi connectivity index (χ0v) is 28.6. The van der Waals surface area contributed by atoms with Gasteiger partial charge in [0.05, 0.1) is 11.1 Å². The van der Waals surface area contributed by atoms with Gasteiger partial charge >= 0.3 is 0 Å². The van der Waals surface area contributed by atoms with Gasteiger partial charge in [0, 0.05) is 6.21 Å². The van der Waals surface area contributed by atoms with Crippen LogP contribution in [0.5, 0.6) is 0 Å². The quantitative estimate of drug-likeness (QED) is 0.137. The molecular formula is C45H42BN. The number of fused-ring (bicyclic) bond motifs is 10. The number of hydrogen-bond acceptors (Lipinski definition) is 1. The average Bonchev–Trinajstić information content (AvgIpc) is 3.55. The lowest BCUT2D eigenvalue weighted by atomic mass is 9.69. The second-order valence-electron chi connectivity index (χ2n) is 12.3. The molecule has 8 rings (SSSR count). The lowest BCUT2D eigenvalue weighted by molar-refractivity contribution is 0.793. The first kappa shape index (κ1) is 32.0.